The van der Waals surface area contributed by atoms with Crippen LogP contribution in [0.3, 0.4) is 0 Å². The average molecular weight is 365 g/mol. The van der Waals surface area contributed by atoms with E-state index in [1.54, 1.807) is 4.57 Å². The Labute approximate surface area is 149 Å². The molecule has 2 unspecified atom stereocenters. The summed E-state index contributed by atoms with van der Waals surface area (Å²) in [7, 11) is 0. The molecule has 2 aromatic rings. The van der Waals surface area contributed by atoms with Crippen LogP contribution in [0.15, 0.2) is 17.6 Å². The summed E-state index contributed by atoms with van der Waals surface area (Å²) in [5.41, 5.74) is 17.1. The first-order chi connectivity index (χ1) is 12.5. The van der Waals surface area contributed by atoms with E-state index in [0.717, 1.165) is 6.42 Å². The smallest absolute Gasteiger partial charge is 0.185 e. The van der Waals surface area contributed by atoms with Crippen LogP contribution in [0.2, 0.25) is 0 Å². The van der Waals surface area contributed by atoms with Crippen molar-refractivity contribution in [2.45, 2.75) is 31.0 Å². The van der Waals surface area contributed by atoms with Crippen molar-refractivity contribution in [2.75, 3.05) is 25.4 Å². The predicted molar refractivity (Wildman–Crippen MR) is 93.8 cm³/mol. The van der Waals surface area contributed by atoms with E-state index in [9.17, 15) is 10.2 Å². The molecule has 1 aliphatic rings. The van der Waals surface area contributed by atoms with Crippen molar-refractivity contribution in [2.24, 2.45) is 16.5 Å². The topological polar surface area (TPSA) is 196 Å². The number of guanidine groups is 1. The first-order valence-electron chi connectivity index (χ1n) is 8.19. The summed E-state index contributed by atoms with van der Waals surface area (Å²) in [6.07, 6.45) is -0.0917. The molecule has 1 aliphatic heterocycles. The van der Waals surface area contributed by atoms with Gasteiger partial charge in [0.05, 0.1) is 6.33 Å². The number of fused-ring (bicyclic) bond motifs is 1. The number of imidazole rings is 1. The van der Waals surface area contributed by atoms with Gasteiger partial charge in [0, 0.05) is 13.1 Å². The number of nitrogens with two attached hydrogens (primary N) is 3. The molecule has 2 aromatic heterocycles. The number of hydrogen-bond donors (Lipinski definition) is 6. The van der Waals surface area contributed by atoms with Crippen LogP contribution in [0.1, 0.15) is 12.6 Å². The Balaban J connectivity index is 1.60. The molecule has 26 heavy (non-hydrogen) atoms. The van der Waals surface area contributed by atoms with Crippen molar-refractivity contribution in [3.63, 3.8) is 0 Å². The van der Waals surface area contributed by atoms with Gasteiger partial charge < -0.3 is 37.5 Å². The molecule has 3 rings (SSSR count). The molecule has 1 fully saturated rings. The van der Waals surface area contributed by atoms with Crippen molar-refractivity contribution < 1.29 is 14.9 Å². The second-order valence-electron chi connectivity index (χ2n) is 5.99. The minimum Gasteiger partial charge on any atom is -0.387 e. The lowest BCUT2D eigenvalue weighted by molar-refractivity contribution is -0.0341. The van der Waals surface area contributed by atoms with Crippen LogP contribution in [0.4, 0.5) is 5.82 Å². The van der Waals surface area contributed by atoms with Gasteiger partial charge in [-0.3, -0.25) is 9.56 Å². The number of rotatable bonds is 7. The summed E-state index contributed by atoms with van der Waals surface area (Å²) in [5.74, 6) is 0.295. The van der Waals surface area contributed by atoms with Gasteiger partial charge >= 0.3 is 0 Å². The molecule has 0 radical (unpaired) electrons. The Bertz CT molecular complexity index is 776. The van der Waals surface area contributed by atoms with Crippen LogP contribution in [0.25, 0.3) is 11.2 Å². The summed E-state index contributed by atoms with van der Waals surface area (Å²) in [5, 5.41) is 23.8. The lowest BCUT2D eigenvalue weighted by Crippen LogP contribution is -2.38. The third-order valence-electron chi connectivity index (χ3n) is 4.15. The van der Waals surface area contributed by atoms with Crippen LogP contribution in [-0.4, -0.2) is 73.6 Å². The largest absolute Gasteiger partial charge is 0.387 e. The predicted octanol–water partition coefficient (Wildman–Crippen LogP) is -2.72. The standard InChI is InChI=1S/C14H23N9O3/c15-11-8-12(21-5-20-11)23(6-22-8)13-10(25)9(24)7(26-13)4-18-2-1-3-19-14(16)17/h5-7,9-10,13,18,24-25H,1-4H2,(H2,15,20,21)(H4,16,17,19)/t7-,9?,10?,13-/m1/s1. The highest BCUT2D eigenvalue weighted by Crippen LogP contribution is 2.31. The highest BCUT2D eigenvalue weighted by Gasteiger charge is 2.44. The van der Waals surface area contributed by atoms with E-state index >= 15 is 0 Å². The number of hydrogen-bond acceptors (Lipinski definition) is 9. The Hall–Kier alpha value is -2.54. The van der Waals surface area contributed by atoms with E-state index in [2.05, 4.69) is 25.3 Å². The minimum absolute atomic E-state index is 0.0579. The van der Waals surface area contributed by atoms with E-state index in [-0.39, 0.29) is 11.8 Å². The van der Waals surface area contributed by atoms with Crippen LogP contribution in [0, 0.1) is 0 Å². The van der Waals surface area contributed by atoms with Gasteiger partial charge in [0.25, 0.3) is 0 Å². The second-order valence-corrected chi connectivity index (χ2v) is 5.99. The maximum atomic E-state index is 10.4. The number of nitrogens with zero attached hydrogens (tertiary/aromatic N) is 5. The van der Waals surface area contributed by atoms with Gasteiger partial charge in [-0.25, -0.2) is 15.0 Å². The fourth-order valence-corrected chi connectivity index (χ4v) is 2.84. The summed E-state index contributed by atoms with van der Waals surface area (Å²) < 4.78 is 7.36. The molecule has 1 saturated heterocycles. The van der Waals surface area contributed by atoms with E-state index in [0.29, 0.717) is 30.8 Å². The molecule has 142 valence electrons. The van der Waals surface area contributed by atoms with Crippen LogP contribution < -0.4 is 22.5 Å². The Morgan fingerprint density at radius 3 is 2.85 bits per heavy atom. The van der Waals surface area contributed by atoms with Gasteiger partial charge in [0.1, 0.15) is 30.2 Å². The number of anilines is 1. The molecule has 3 heterocycles. The molecule has 0 spiro atoms. The second kappa shape index (κ2) is 7.78. The van der Waals surface area contributed by atoms with Crippen molar-refractivity contribution in [1.82, 2.24) is 24.8 Å². The zero-order valence-electron chi connectivity index (χ0n) is 14.1. The molecule has 0 bridgehead atoms. The Morgan fingerprint density at radius 2 is 2.08 bits per heavy atom. The van der Waals surface area contributed by atoms with Crippen LogP contribution in [-0.2, 0) is 4.74 Å². The van der Waals surface area contributed by atoms with Crippen LogP contribution in [0.5, 0.6) is 0 Å². The van der Waals surface area contributed by atoms with Crippen molar-refractivity contribution in [3.05, 3.63) is 12.7 Å². The third kappa shape index (κ3) is 3.67. The van der Waals surface area contributed by atoms with E-state index in [4.69, 9.17) is 21.9 Å². The molecule has 12 nitrogen and oxygen atoms in total. The maximum absolute atomic E-state index is 10.4. The minimum atomic E-state index is -1.13. The SMILES string of the molecule is NC(N)=NCCCNC[C@H]1O[C@@H](n2cnc3c(N)ncnc32)C(O)C1O. The quantitative estimate of drug-likeness (QED) is 0.170. The number of nitrogens with one attached hydrogen (secondary N) is 1. The Morgan fingerprint density at radius 1 is 1.27 bits per heavy atom. The van der Waals surface area contributed by atoms with Gasteiger partial charge in [-0.1, -0.05) is 0 Å². The molecule has 0 aliphatic carbocycles. The van der Waals surface area contributed by atoms with Gasteiger partial charge in [0.2, 0.25) is 0 Å². The van der Waals surface area contributed by atoms with E-state index in [1.807, 2.05) is 0 Å². The summed E-state index contributed by atoms with van der Waals surface area (Å²) in [4.78, 5) is 16.0. The zero-order chi connectivity index (χ0) is 18.7. The fourth-order valence-electron chi connectivity index (χ4n) is 2.84. The highest BCUT2D eigenvalue weighted by molar-refractivity contribution is 5.81. The number of aromatic nitrogens is 4. The maximum Gasteiger partial charge on any atom is 0.185 e. The molecule has 0 saturated carbocycles. The number of aliphatic imine (C=N–C) groups is 1. The third-order valence-corrected chi connectivity index (χ3v) is 4.15. The molecule has 0 amide bonds. The normalized spacial score (nSPS) is 25.6. The van der Waals surface area contributed by atoms with Crippen molar-refractivity contribution >= 4 is 22.9 Å². The summed E-state index contributed by atoms with van der Waals surface area (Å²) in [6.45, 7) is 1.51. The summed E-state index contributed by atoms with van der Waals surface area (Å²) >= 11 is 0. The van der Waals surface area contributed by atoms with Crippen molar-refractivity contribution in [3.8, 4) is 0 Å². The average Bonchev–Trinajstić information content (AvgIpc) is 3.15. The summed E-state index contributed by atoms with van der Waals surface area (Å²) in [6, 6.07) is 0. The molecule has 12 heteroatoms. The number of nitrogen functional groups attached to an aromatic ring is 1. The van der Waals surface area contributed by atoms with E-state index in [1.165, 1.54) is 12.7 Å². The number of aliphatic hydroxyl groups excluding tert-OH is 2. The molecule has 4 atom stereocenters. The van der Waals surface area contributed by atoms with Gasteiger partial charge in [-0.2, -0.15) is 0 Å². The zero-order valence-corrected chi connectivity index (χ0v) is 14.1. The van der Waals surface area contributed by atoms with Gasteiger partial charge in [0.15, 0.2) is 23.7 Å². The van der Waals surface area contributed by atoms with E-state index < -0.39 is 24.5 Å². The lowest BCUT2D eigenvalue weighted by atomic mass is 10.1. The van der Waals surface area contributed by atoms with Gasteiger partial charge in [-0.05, 0) is 13.0 Å². The Kier molecular flexibility index (Phi) is 5.46. The first-order valence-corrected chi connectivity index (χ1v) is 8.19. The van der Waals surface area contributed by atoms with Crippen molar-refractivity contribution in [1.29, 1.82) is 0 Å². The molecule has 9 N–H and O–H groups in total. The number of aliphatic hydroxyl groups is 2. The lowest BCUT2D eigenvalue weighted by Gasteiger charge is -2.16. The molecule has 0 aromatic carbocycles. The molecular weight excluding hydrogens is 342 g/mol. The van der Waals surface area contributed by atoms with Crippen LogP contribution >= 0.6 is 0 Å². The van der Waals surface area contributed by atoms with Gasteiger partial charge in [-0.15, -0.1) is 0 Å². The highest BCUT2D eigenvalue weighted by atomic mass is 16.6. The monoisotopic (exact) mass is 365 g/mol. The number of ether oxygens (including phenoxy) is 1. The molecular formula is C14H23N9O3. The first kappa shape index (κ1) is 18.3. The fraction of sp³-hybridized carbons (Fsp3) is 0.571.